The summed E-state index contributed by atoms with van der Waals surface area (Å²) in [5.74, 6) is 0. The fourth-order valence-electron chi connectivity index (χ4n) is 3.20. The van der Waals surface area contributed by atoms with Crippen molar-refractivity contribution < 1.29 is 9.47 Å². The van der Waals surface area contributed by atoms with E-state index in [1.807, 2.05) is 0 Å². The summed E-state index contributed by atoms with van der Waals surface area (Å²) in [5, 5.41) is 0. The van der Waals surface area contributed by atoms with Gasteiger partial charge in [0.2, 0.25) is 0 Å². The quantitative estimate of drug-likeness (QED) is 0.421. The van der Waals surface area contributed by atoms with Crippen molar-refractivity contribution in [3.63, 3.8) is 0 Å². The Hall–Kier alpha value is -0.0800. The molecule has 0 fully saturated rings. The molecule has 0 saturated heterocycles. The van der Waals surface area contributed by atoms with Gasteiger partial charge in [-0.2, -0.15) is 0 Å². The van der Waals surface area contributed by atoms with Crippen molar-refractivity contribution in [2.75, 3.05) is 13.2 Å². The smallest absolute Gasteiger partial charge is 0.0708 e. The zero-order chi connectivity index (χ0) is 17.7. The fraction of sp³-hybridized carbons (Fsp3) is 1.00. The van der Waals surface area contributed by atoms with Crippen molar-refractivity contribution in [2.24, 2.45) is 10.8 Å². The summed E-state index contributed by atoms with van der Waals surface area (Å²) < 4.78 is 12.3. The molecule has 0 aromatic rings. The first-order valence-corrected chi connectivity index (χ1v) is 9.06. The van der Waals surface area contributed by atoms with Crippen LogP contribution in [0, 0.1) is 10.8 Å². The average molecular weight is 315 g/mol. The van der Waals surface area contributed by atoms with E-state index in [2.05, 4.69) is 69.2 Å². The minimum absolute atomic E-state index is 0.0908. The molecular formula is C20H42O2. The van der Waals surface area contributed by atoms with Gasteiger partial charge in [-0.1, -0.05) is 48.0 Å². The molecule has 0 heterocycles. The molecule has 0 bridgehead atoms. The molecule has 0 N–H and O–H groups in total. The van der Waals surface area contributed by atoms with Gasteiger partial charge in [0, 0.05) is 0 Å². The molecule has 2 nitrogen and oxygen atoms in total. The molecule has 0 aromatic carbocycles. The largest absolute Gasteiger partial charge is 0.373 e. The van der Waals surface area contributed by atoms with Gasteiger partial charge in [0.15, 0.2) is 0 Å². The van der Waals surface area contributed by atoms with Gasteiger partial charge in [-0.3, -0.25) is 0 Å². The first-order valence-electron chi connectivity index (χ1n) is 9.06. The second kappa shape index (κ2) is 8.15. The maximum atomic E-state index is 6.13. The van der Waals surface area contributed by atoms with E-state index in [0.29, 0.717) is 18.6 Å². The highest BCUT2D eigenvalue weighted by atomic mass is 16.5. The highest BCUT2D eigenvalue weighted by molar-refractivity contribution is 4.86. The van der Waals surface area contributed by atoms with E-state index in [1.54, 1.807) is 0 Å². The van der Waals surface area contributed by atoms with Gasteiger partial charge in [-0.25, -0.2) is 0 Å². The Morgan fingerprint density at radius 1 is 0.727 bits per heavy atom. The maximum Gasteiger partial charge on any atom is 0.0708 e. The second-order valence-corrected chi connectivity index (χ2v) is 9.30. The molecule has 0 aromatic heterocycles. The summed E-state index contributed by atoms with van der Waals surface area (Å²) in [4.78, 5) is 0. The molecule has 0 spiro atoms. The molecule has 2 heteroatoms. The van der Waals surface area contributed by atoms with Crippen molar-refractivity contribution in [3.05, 3.63) is 0 Å². The average Bonchev–Trinajstić information content (AvgIpc) is 2.33. The van der Waals surface area contributed by atoms with Crippen LogP contribution in [0.1, 0.15) is 94.9 Å². The molecule has 134 valence electrons. The van der Waals surface area contributed by atoms with Crippen molar-refractivity contribution in [1.29, 1.82) is 0 Å². The summed E-state index contributed by atoms with van der Waals surface area (Å²) in [7, 11) is 0. The first-order chi connectivity index (χ1) is 9.79. The Kier molecular flexibility index (Phi) is 8.12. The molecule has 0 atom stereocenters. The summed E-state index contributed by atoms with van der Waals surface area (Å²) in [6, 6.07) is 0. The van der Waals surface area contributed by atoms with E-state index in [0.717, 1.165) is 12.8 Å². The van der Waals surface area contributed by atoms with E-state index in [1.165, 1.54) is 12.8 Å². The molecule has 0 aliphatic carbocycles. The zero-order valence-corrected chi connectivity index (χ0v) is 17.1. The molecular weight excluding hydrogens is 272 g/mol. The normalized spacial score (nSPS) is 14.5. The van der Waals surface area contributed by atoms with Gasteiger partial charge in [0.05, 0.1) is 24.4 Å². The Labute approximate surface area is 140 Å². The third kappa shape index (κ3) is 7.46. The Bertz CT molecular complexity index is 314. The third-order valence-electron chi connectivity index (χ3n) is 5.38. The van der Waals surface area contributed by atoms with Crippen LogP contribution < -0.4 is 0 Å². The van der Waals surface area contributed by atoms with Crippen LogP contribution in [-0.2, 0) is 9.47 Å². The van der Waals surface area contributed by atoms with Crippen LogP contribution in [-0.4, -0.2) is 24.4 Å². The van der Waals surface area contributed by atoms with E-state index >= 15 is 0 Å². The topological polar surface area (TPSA) is 18.5 Å². The lowest BCUT2D eigenvalue weighted by Gasteiger charge is -2.41. The highest BCUT2D eigenvalue weighted by Crippen LogP contribution is 2.37. The lowest BCUT2D eigenvalue weighted by Crippen LogP contribution is -2.42. The van der Waals surface area contributed by atoms with E-state index in [9.17, 15) is 0 Å². The van der Waals surface area contributed by atoms with Crippen molar-refractivity contribution in [3.8, 4) is 0 Å². The summed E-state index contributed by atoms with van der Waals surface area (Å²) in [6.45, 7) is 23.8. The van der Waals surface area contributed by atoms with Crippen LogP contribution in [0.25, 0.3) is 0 Å². The molecule has 0 saturated carbocycles. The Morgan fingerprint density at radius 3 is 1.68 bits per heavy atom. The van der Waals surface area contributed by atoms with Gasteiger partial charge in [-0.05, 0) is 57.8 Å². The van der Waals surface area contributed by atoms with E-state index in [-0.39, 0.29) is 16.6 Å². The number of ether oxygens (including phenoxy) is 2. The van der Waals surface area contributed by atoms with Gasteiger partial charge in [0.1, 0.15) is 0 Å². The maximum absolute atomic E-state index is 6.13. The highest BCUT2D eigenvalue weighted by Gasteiger charge is 2.36. The number of rotatable bonds is 11. The van der Waals surface area contributed by atoms with Gasteiger partial charge < -0.3 is 9.47 Å². The third-order valence-corrected chi connectivity index (χ3v) is 5.38. The van der Waals surface area contributed by atoms with Crippen molar-refractivity contribution >= 4 is 0 Å². The zero-order valence-electron chi connectivity index (χ0n) is 17.1. The van der Waals surface area contributed by atoms with Crippen molar-refractivity contribution in [2.45, 2.75) is 106 Å². The minimum atomic E-state index is -0.128. The monoisotopic (exact) mass is 314 g/mol. The summed E-state index contributed by atoms with van der Waals surface area (Å²) in [6.07, 6.45) is 4.66. The number of hydrogen-bond acceptors (Lipinski definition) is 2. The lowest BCUT2D eigenvalue weighted by atomic mass is 9.75. The van der Waals surface area contributed by atoms with E-state index < -0.39 is 0 Å². The lowest BCUT2D eigenvalue weighted by molar-refractivity contribution is -0.133. The minimum Gasteiger partial charge on any atom is -0.373 e. The van der Waals surface area contributed by atoms with Gasteiger partial charge >= 0.3 is 0 Å². The fourth-order valence-corrected chi connectivity index (χ4v) is 3.20. The molecule has 0 aliphatic rings. The van der Waals surface area contributed by atoms with Gasteiger partial charge in [0.25, 0.3) is 0 Å². The van der Waals surface area contributed by atoms with Crippen molar-refractivity contribution in [1.82, 2.24) is 0 Å². The molecule has 0 amide bonds. The van der Waals surface area contributed by atoms with E-state index in [4.69, 9.17) is 9.47 Å². The molecule has 0 aliphatic heterocycles. The Balaban J connectivity index is 4.30. The molecule has 0 unspecified atom stereocenters. The summed E-state index contributed by atoms with van der Waals surface area (Å²) in [5.41, 5.74) is 0.289. The van der Waals surface area contributed by atoms with Crippen LogP contribution in [0.4, 0.5) is 0 Å². The molecule has 22 heavy (non-hydrogen) atoms. The summed E-state index contributed by atoms with van der Waals surface area (Å²) >= 11 is 0. The van der Waals surface area contributed by atoms with Crippen LogP contribution in [0.5, 0.6) is 0 Å². The molecule has 0 rings (SSSR count). The second-order valence-electron chi connectivity index (χ2n) is 9.30. The SMILES string of the molecule is CCCC(C)(C)CC(C)(C)OCCOC(C)(C)C(C)(C)CC. The van der Waals surface area contributed by atoms with Crippen LogP contribution in [0.2, 0.25) is 0 Å². The predicted octanol–water partition coefficient (Wildman–Crippen LogP) is 6.23. The molecule has 0 radical (unpaired) electrons. The van der Waals surface area contributed by atoms with Crippen LogP contribution in [0.15, 0.2) is 0 Å². The predicted molar refractivity (Wildman–Crippen MR) is 97.4 cm³/mol. The number of hydrogen-bond donors (Lipinski definition) is 0. The van der Waals surface area contributed by atoms with Crippen LogP contribution >= 0.6 is 0 Å². The first kappa shape index (κ1) is 21.9. The Morgan fingerprint density at radius 2 is 1.23 bits per heavy atom. The van der Waals surface area contributed by atoms with Gasteiger partial charge in [-0.15, -0.1) is 0 Å². The standard InChI is InChI=1S/C20H42O2/c1-11-13-17(3,4)16-19(7,8)21-14-15-22-20(9,10)18(5,6)12-2/h11-16H2,1-10H3. The van der Waals surface area contributed by atoms with Crippen LogP contribution in [0.3, 0.4) is 0 Å².